The van der Waals surface area contributed by atoms with Crippen LogP contribution in [0.3, 0.4) is 0 Å². The smallest absolute Gasteiger partial charge is 0.174 e. The molecule has 2 aromatic heterocycles. The van der Waals surface area contributed by atoms with Crippen LogP contribution in [0.4, 0.5) is 5.69 Å². The highest BCUT2D eigenvalue weighted by Crippen LogP contribution is 2.44. The van der Waals surface area contributed by atoms with Gasteiger partial charge in [-0.3, -0.25) is 4.98 Å². The minimum atomic E-state index is -0.0787. The Morgan fingerprint density at radius 3 is 2.35 bits per heavy atom. The Hall–Kier alpha value is -3.64. The Balaban J connectivity index is 1.64. The van der Waals surface area contributed by atoms with Gasteiger partial charge in [0.05, 0.1) is 24.4 Å². The van der Waals surface area contributed by atoms with E-state index in [1.807, 2.05) is 43.5 Å². The van der Waals surface area contributed by atoms with Crippen molar-refractivity contribution in [1.82, 2.24) is 14.9 Å². The Morgan fingerprint density at radius 1 is 0.941 bits per heavy atom. The van der Waals surface area contributed by atoms with Gasteiger partial charge >= 0.3 is 0 Å². The molecule has 1 N–H and O–H groups in total. The molecule has 4 aromatic rings. The molecule has 5 rings (SSSR count). The number of rotatable bonds is 6. The predicted molar refractivity (Wildman–Crippen MR) is 141 cm³/mol. The molecule has 6 heteroatoms. The number of ether oxygens (including phenoxy) is 1. The van der Waals surface area contributed by atoms with E-state index in [-0.39, 0.29) is 12.1 Å². The molecule has 0 aliphatic carbocycles. The minimum Gasteiger partial charge on any atom is -0.494 e. The molecular weight excluding hydrogens is 440 g/mol. The largest absolute Gasteiger partial charge is 0.494 e. The van der Waals surface area contributed by atoms with Crippen LogP contribution in [0, 0.1) is 13.8 Å². The molecule has 1 fully saturated rings. The lowest BCUT2D eigenvalue weighted by Crippen LogP contribution is -2.29. The fourth-order valence-corrected chi connectivity index (χ4v) is 5.23. The van der Waals surface area contributed by atoms with Gasteiger partial charge in [0.25, 0.3) is 0 Å². The number of benzene rings is 2. The van der Waals surface area contributed by atoms with Crippen LogP contribution in [0.15, 0.2) is 85.1 Å². The third-order valence-electron chi connectivity index (χ3n) is 6.33. The molecule has 1 aliphatic rings. The number of nitrogens with zero attached hydrogens (tertiary/aromatic N) is 3. The van der Waals surface area contributed by atoms with Crippen LogP contribution in [-0.2, 0) is 0 Å². The van der Waals surface area contributed by atoms with Crippen LogP contribution in [0.2, 0.25) is 0 Å². The molecular formula is C28H28N4OS. The summed E-state index contributed by atoms with van der Waals surface area (Å²) >= 11 is 5.89. The summed E-state index contributed by atoms with van der Waals surface area (Å²) in [6.45, 7) is 6.96. The van der Waals surface area contributed by atoms with Crippen molar-refractivity contribution in [1.29, 1.82) is 0 Å². The second kappa shape index (κ2) is 9.31. The molecule has 0 spiro atoms. The number of aromatic nitrogens is 2. The molecule has 2 aromatic carbocycles. The van der Waals surface area contributed by atoms with Gasteiger partial charge in [0, 0.05) is 29.0 Å². The fraction of sp³-hybridized carbons (Fsp3) is 0.214. The zero-order valence-electron chi connectivity index (χ0n) is 19.6. The Morgan fingerprint density at radius 2 is 1.68 bits per heavy atom. The van der Waals surface area contributed by atoms with Gasteiger partial charge < -0.3 is 19.5 Å². The van der Waals surface area contributed by atoms with Crippen LogP contribution >= 0.6 is 12.2 Å². The van der Waals surface area contributed by atoms with Crippen molar-refractivity contribution in [2.75, 3.05) is 11.5 Å². The monoisotopic (exact) mass is 468 g/mol. The van der Waals surface area contributed by atoms with E-state index in [2.05, 4.69) is 82.1 Å². The first-order valence-corrected chi connectivity index (χ1v) is 12.0. The molecule has 0 radical (unpaired) electrons. The second-order valence-electron chi connectivity index (χ2n) is 8.42. The van der Waals surface area contributed by atoms with Gasteiger partial charge in [-0.25, -0.2) is 0 Å². The third kappa shape index (κ3) is 3.94. The molecule has 172 valence electrons. The molecule has 1 aliphatic heterocycles. The lowest BCUT2D eigenvalue weighted by atomic mass is 9.96. The van der Waals surface area contributed by atoms with E-state index in [4.69, 9.17) is 17.0 Å². The predicted octanol–water partition coefficient (Wildman–Crippen LogP) is 6.06. The van der Waals surface area contributed by atoms with Gasteiger partial charge in [0.2, 0.25) is 0 Å². The lowest BCUT2D eigenvalue weighted by Gasteiger charge is -2.28. The first-order chi connectivity index (χ1) is 16.6. The van der Waals surface area contributed by atoms with Crippen molar-refractivity contribution >= 4 is 23.0 Å². The Bertz CT molecular complexity index is 1290. The molecule has 34 heavy (non-hydrogen) atoms. The first-order valence-electron chi connectivity index (χ1n) is 11.6. The van der Waals surface area contributed by atoms with E-state index in [1.165, 1.54) is 17.0 Å². The molecule has 0 saturated carbocycles. The van der Waals surface area contributed by atoms with Crippen molar-refractivity contribution in [3.05, 3.63) is 108 Å². The standard InChI is InChI=1S/C28H28N4OS/c1-4-33-23-15-13-22(14-16-23)32-27(26(30-28(32)34)25-12-8-9-17-29-25)24-18-19(2)31(20(24)3)21-10-6-5-7-11-21/h5-18,26-27H,4H2,1-3H3,(H,30,34). The van der Waals surface area contributed by atoms with Crippen LogP contribution in [0.1, 0.15) is 41.7 Å². The van der Waals surface area contributed by atoms with E-state index in [9.17, 15) is 0 Å². The second-order valence-corrected chi connectivity index (χ2v) is 8.81. The summed E-state index contributed by atoms with van der Waals surface area (Å²) in [4.78, 5) is 6.89. The summed E-state index contributed by atoms with van der Waals surface area (Å²) < 4.78 is 7.97. The lowest BCUT2D eigenvalue weighted by molar-refractivity contribution is 0.340. The molecule has 0 bridgehead atoms. The molecule has 5 nitrogen and oxygen atoms in total. The fourth-order valence-electron chi connectivity index (χ4n) is 4.88. The normalized spacial score (nSPS) is 17.6. The van der Waals surface area contributed by atoms with Gasteiger partial charge in [0.1, 0.15) is 5.75 Å². The highest BCUT2D eigenvalue weighted by molar-refractivity contribution is 7.80. The number of thiocarbonyl (C=S) groups is 1. The van der Waals surface area contributed by atoms with Crippen molar-refractivity contribution in [3.63, 3.8) is 0 Å². The van der Waals surface area contributed by atoms with E-state index in [0.717, 1.165) is 22.8 Å². The molecule has 0 amide bonds. The highest BCUT2D eigenvalue weighted by atomic mass is 32.1. The maximum atomic E-state index is 5.89. The summed E-state index contributed by atoms with van der Waals surface area (Å²) in [6, 6.07) is 26.8. The number of hydrogen-bond donors (Lipinski definition) is 1. The van der Waals surface area contributed by atoms with Crippen LogP contribution in [0.5, 0.6) is 5.75 Å². The maximum Gasteiger partial charge on any atom is 0.174 e. The average Bonchev–Trinajstić information content (AvgIpc) is 3.36. The number of anilines is 1. The number of hydrogen-bond acceptors (Lipinski definition) is 3. The Kier molecular flexibility index (Phi) is 6.07. The maximum absolute atomic E-state index is 5.89. The van der Waals surface area contributed by atoms with Gasteiger partial charge in [-0.05, 0) is 93.1 Å². The quantitative estimate of drug-likeness (QED) is 0.348. The van der Waals surface area contributed by atoms with Gasteiger partial charge in [-0.15, -0.1) is 0 Å². The first kappa shape index (κ1) is 22.2. The summed E-state index contributed by atoms with van der Waals surface area (Å²) in [5, 5.41) is 4.25. The average molecular weight is 469 g/mol. The third-order valence-corrected chi connectivity index (χ3v) is 6.64. The van der Waals surface area contributed by atoms with Crippen LogP contribution < -0.4 is 15.0 Å². The molecule has 3 heterocycles. The number of para-hydroxylation sites is 1. The highest BCUT2D eigenvalue weighted by Gasteiger charge is 2.42. The summed E-state index contributed by atoms with van der Waals surface area (Å²) in [6.07, 6.45) is 1.84. The number of aryl methyl sites for hydroxylation is 1. The summed E-state index contributed by atoms with van der Waals surface area (Å²) in [5.41, 5.74) is 6.74. The molecule has 1 saturated heterocycles. The van der Waals surface area contributed by atoms with E-state index >= 15 is 0 Å². The van der Waals surface area contributed by atoms with Crippen molar-refractivity contribution in [3.8, 4) is 11.4 Å². The summed E-state index contributed by atoms with van der Waals surface area (Å²) in [7, 11) is 0. The Labute approximate surface area is 206 Å². The topological polar surface area (TPSA) is 42.3 Å². The van der Waals surface area contributed by atoms with Crippen molar-refractivity contribution in [2.45, 2.75) is 32.9 Å². The summed E-state index contributed by atoms with van der Waals surface area (Å²) in [5.74, 6) is 0.851. The van der Waals surface area contributed by atoms with Crippen molar-refractivity contribution < 1.29 is 4.74 Å². The minimum absolute atomic E-state index is 0.0518. The van der Waals surface area contributed by atoms with Crippen molar-refractivity contribution in [2.24, 2.45) is 0 Å². The van der Waals surface area contributed by atoms with E-state index < -0.39 is 0 Å². The van der Waals surface area contributed by atoms with Gasteiger partial charge in [0.15, 0.2) is 5.11 Å². The number of nitrogens with one attached hydrogen (secondary N) is 1. The SMILES string of the molecule is CCOc1ccc(N2C(=S)NC(c3ccccn3)C2c2cc(C)n(-c3ccccc3)c2C)cc1. The zero-order chi connectivity index (χ0) is 23.7. The number of pyridine rings is 1. The molecule has 2 atom stereocenters. The zero-order valence-corrected chi connectivity index (χ0v) is 20.4. The van der Waals surface area contributed by atoms with Gasteiger partial charge in [-0.1, -0.05) is 24.3 Å². The molecule has 2 unspecified atom stereocenters. The van der Waals surface area contributed by atoms with Gasteiger partial charge in [-0.2, -0.15) is 0 Å². The van der Waals surface area contributed by atoms with E-state index in [0.29, 0.717) is 11.7 Å². The van der Waals surface area contributed by atoms with Crippen LogP contribution in [-0.4, -0.2) is 21.3 Å². The van der Waals surface area contributed by atoms with E-state index in [1.54, 1.807) is 0 Å². The van der Waals surface area contributed by atoms with Crippen LogP contribution in [0.25, 0.3) is 5.69 Å².